The van der Waals surface area contributed by atoms with E-state index in [0.717, 1.165) is 16.8 Å². The predicted octanol–water partition coefficient (Wildman–Crippen LogP) is 3.35. The molecule has 2 unspecified atom stereocenters. The number of rotatable bonds is 3. The Morgan fingerprint density at radius 2 is 1.35 bits per heavy atom. The first kappa shape index (κ1) is 13.6. The van der Waals surface area contributed by atoms with Gasteiger partial charge in [-0.2, -0.15) is 0 Å². The van der Waals surface area contributed by atoms with Gasteiger partial charge in [-0.1, -0.05) is 30.3 Å². The first-order valence-corrected chi connectivity index (χ1v) is 7.54. The zero-order chi connectivity index (χ0) is 15.6. The van der Waals surface area contributed by atoms with Crippen molar-refractivity contribution in [2.75, 3.05) is 4.90 Å². The van der Waals surface area contributed by atoms with Gasteiger partial charge in [0.05, 0.1) is 12.0 Å². The SMILES string of the molecule is O=C1C(c2ccccc2)C(c2ccncc2)N1c1ccncc1. The minimum Gasteiger partial charge on any atom is -0.303 e. The molecule has 2 atom stereocenters. The first-order valence-electron chi connectivity index (χ1n) is 7.54. The average molecular weight is 301 g/mol. The Morgan fingerprint density at radius 3 is 2.00 bits per heavy atom. The highest BCUT2D eigenvalue weighted by molar-refractivity contribution is 6.06. The number of amides is 1. The summed E-state index contributed by atoms with van der Waals surface area (Å²) in [5.74, 6) is -0.0454. The molecule has 1 amide bonds. The molecule has 0 aliphatic carbocycles. The monoisotopic (exact) mass is 301 g/mol. The highest BCUT2D eigenvalue weighted by Crippen LogP contribution is 2.48. The number of nitrogens with zero attached hydrogens (tertiary/aromatic N) is 3. The first-order chi connectivity index (χ1) is 11.4. The van der Waals surface area contributed by atoms with Crippen LogP contribution in [0, 0.1) is 0 Å². The Labute approximate surface area is 134 Å². The Kier molecular flexibility index (Phi) is 3.35. The molecule has 1 aromatic carbocycles. The largest absolute Gasteiger partial charge is 0.303 e. The van der Waals surface area contributed by atoms with E-state index in [0.29, 0.717) is 0 Å². The number of hydrogen-bond acceptors (Lipinski definition) is 3. The molecule has 0 radical (unpaired) electrons. The molecule has 4 heteroatoms. The minimum atomic E-state index is -0.160. The van der Waals surface area contributed by atoms with Crippen LogP contribution in [0.1, 0.15) is 23.1 Å². The molecule has 4 rings (SSSR count). The van der Waals surface area contributed by atoms with Crippen LogP contribution in [0.15, 0.2) is 79.4 Å². The molecule has 0 bridgehead atoms. The van der Waals surface area contributed by atoms with E-state index in [4.69, 9.17) is 0 Å². The number of carbonyl (C=O) groups is 1. The topological polar surface area (TPSA) is 46.1 Å². The van der Waals surface area contributed by atoms with Crippen LogP contribution < -0.4 is 4.90 Å². The van der Waals surface area contributed by atoms with Crippen molar-refractivity contribution in [3.8, 4) is 0 Å². The second kappa shape index (κ2) is 5.65. The van der Waals surface area contributed by atoms with Crippen LogP contribution in [0.5, 0.6) is 0 Å². The van der Waals surface area contributed by atoms with Gasteiger partial charge in [0.2, 0.25) is 5.91 Å². The summed E-state index contributed by atoms with van der Waals surface area (Å²) in [6.07, 6.45) is 6.96. The van der Waals surface area contributed by atoms with Gasteiger partial charge in [-0.25, -0.2) is 0 Å². The number of pyridine rings is 2. The Hall–Kier alpha value is -3.01. The Balaban J connectivity index is 1.78. The molecule has 0 N–H and O–H groups in total. The van der Waals surface area contributed by atoms with Crippen LogP contribution in [0.3, 0.4) is 0 Å². The number of carbonyl (C=O) groups excluding carboxylic acids is 1. The van der Waals surface area contributed by atoms with E-state index in [1.807, 2.05) is 59.5 Å². The molecule has 1 aliphatic heterocycles. The quantitative estimate of drug-likeness (QED) is 0.697. The maximum absolute atomic E-state index is 12.8. The highest BCUT2D eigenvalue weighted by atomic mass is 16.2. The number of anilines is 1. The third kappa shape index (κ3) is 2.28. The van der Waals surface area contributed by atoms with Crippen molar-refractivity contribution in [1.82, 2.24) is 9.97 Å². The molecule has 3 heterocycles. The molecule has 4 nitrogen and oxygen atoms in total. The normalized spacial score (nSPS) is 20.2. The van der Waals surface area contributed by atoms with Gasteiger partial charge in [-0.05, 0) is 35.4 Å². The number of hydrogen-bond donors (Lipinski definition) is 0. The summed E-state index contributed by atoms with van der Waals surface area (Å²) >= 11 is 0. The average Bonchev–Trinajstić information content (AvgIpc) is 2.62. The molecule has 1 fully saturated rings. The van der Waals surface area contributed by atoms with Crippen LogP contribution in [-0.4, -0.2) is 15.9 Å². The van der Waals surface area contributed by atoms with Crippen LogP contribution in [-0.2, 0) is 4.79 Å². The van der Waals surface area contributed by atoms with Crippen molar-refractivity contribution in [3.05, 3.63) is 90.5 Å². The molecule has 112 valence electrons. The molecule has 3 aromatic rings. The number of aromatic nitrogens is 2. The van der Waals surface area contributed by atoms with Gasteiger partial charge in [0, 0.05) is 30.5 Å². The van der Waals surface area contributed by atoms with Crippen molar-refractivity contribution in [2.24, 2.45) is 0 Å². The van der Waals surface area contributed by atoms with Gasteiger partial charge in [-0.3, -0.25) is 14.8 Å². The molecule has 23 heavy (non-hydrogen) atoms. The lowest BCUT2D eigenvalue weighted by molar-refractivity contribution is -0.126. The van der Waals surface area contributed by atoms with Gasteiger partial charge in [0.1, 0.15) is 0 Å². The lowest BCUT2D eigenvalue weighted by Gasteiger charge is -2.47. The lowest BCUT2D eigenvalue weighted by atomic mass is 9.77. The number of benzene rings is 1. The molecule has 1 saturated heterocycles. The van der Waals surface area contributed by atoms with Crippen LogP contribution in [0.4, 0.5) is 5.69 Å². The van der Waals surface area contributed by atoms with Crippen molar-refractivity contribution in [2.45, 2.75) is 12.0 Å². The summed E-state index contributed by atoms with van der Waals surface area (Å²) < 4.78 is 0. The van der Waals surface area contributed by atoms with Crippen LogP contribution >= 0.6 is 0 Å². The minimum absolute atomic E-state index is 0.0182. The third-order valence-electron chi connectivity index (χ3n) is 4.24. The maximum atomic E-state index is 12.8. The highest BCUT2D eigenvalue weighted by Gasteiger charge is 2.49. The van der Waals surface area contributed by atoms with E-state index >= 15 is 0 Å². The Bertz CT molecular complexity index is 756. The van der Waals surface area contributed by atoms with E-state index in [1.165, 1.54) is 0 Å². The second-order valence-electron chi connectivity index (χ2n) is 5.53. The van der Waals surface area contributed by atoms with Gasteiger partial charge >= 0.3 is 0 Å². The smallest absolute Gasteiger partial charge is 0.237 e. The molecule has 0 spiro atoms. The zero-order valence-electron chi connectivity index (χ0n) is 12.4. The van der Waals surface area contributed by atoms with Gasteiger partial charge in [-0.15, -0.1) is 0 Å². The Morgan fingerprint density at radius 1 is 0.739 bits per heavy atom. The van der Waals surface area contributed by atoms with E-state index < -0.39 is 0 Å². The lowest BCUT2D eigenvalue weighted by Crippen LogP contribution is -2.53. The predicted molar refractivity (Wildman–Crippen MR) is 87.9 cm³/mol. The van der Waals surface area contributed by atoms with Gasteiger partial charge in [0.15, 0.2) is 0 Å². The van der Waals surface area contributed by atoms with E-state index in [2.05, 4.69) is 9.97 Å². The van der Waals surface area contributed by atoms with E-state index in [1.54, 1.807) is 24.8 Å². The molecule has 0 saturated carbocycles. The summed E-state index contributed by atoms with van der Waals surface area (Å²) in [6, 6.07) is 17.6. The van der Waals surface area contributed by atoms with Crippen LogP contribution in [0.2, 0.25) is 0 Å². The van der Waals surface area contributed by atoms with Crippen molar-refractivity contribution in [1.29, 1.82) is 0 Å². The van der Waals surface area contributed by atoms with Crippen LogP contribution in [0.25, 0.3) is 0 Å². The fraction of sp³-hybridized carbons (Fsp3) is 0.105. The summed E-state index contributed by atoms with van der Waals surface area (Å²) in [6.45, 7) is 0. The van der Waals surface area contributed by atoms with Crippen molar-refractivity contribution in [3.63, 3.8) is 0 Å². The van der Waals surface area contributed by atoms with Gasteiger partial charge < -0.3 is 4.90 Å². The molecular weight excluding hydrogens is 286 g/mol. The molecular formula is C19H15N3O. The summed E-state index contributed by atoms with van der Waals surface area (Å²) in [5.41, 5.74) is 3.01. The third-order valence-corrected chi connectivity index (χ3v) is 4.24. The summed E-state index contributed by atoms with van der Waals surface area (Å²) in [4.78, 5) is 22.8. The van der Waals surface area contributed by atoms with Gasteiger partial charge in [0.25, 0.3) is 0 Å². The maximum Gasteiger partial charge on any atom is 0.237 e. The fourth-order valence-electron chi connectivity index (χ4n) is 3.17. The number of β-lactam (4-membered cyclic amide) rings is 1. The summed E-state index contributed by atoms with van der Waals surface area (Å²) in [7, 11) is 0. The molecule has 2 aromatic heterocycles. The fourth-order valence-corrected chi connectivity index (χ4v) is 3.17. The standard InChI is InChI=1S/C19H15N3O/c23-19-17(14-4-2-1-3-5-14)18(15-6-10-20-11-7-15)22(19)16-8-12-21-13-9-16/h1-13,17-18H. The van der Waals surface area contributed by atoms with Crippen molar-refractivity contribution >= 4 is 11.6 Å². The molecule has 1 aliphatic rings. The second-order valence-corrected chi connectivity index (χ2v) is 5.53. The van der Waals surface area contributed by atoms with Crippen molar-refractivity contribution < 1.29 is 4.79 Å². The van der Waals surface area contributed by atoms with E-state index in [9.17, 15) is 4.79 Å². The van der Waals surface area contributed by atoms with E-state index in [-0.39, 0.29) is 17.9 Å². The summed E-state index contributed by atoms with van der Waals surface area (Å²) in [5, 5.41) is 0. The zero-order valence-corrected chi connectivity index (χ0v) is 12.4.